The maximum absolute atomic E-state index is 12.9. The van der Waals surface area contributed by atoms with E-state index in [1.54, 1.807) is 23.1 Å². The van der Waals surface area contributed by atoms with Crippen LogP contribution in [0.1, 0.15) is 36.5 Å². The Balaban J connectivity index is 0.00000243. The minimum atomic E-state index is -0.440. The van der Waals surface area contributed by atoms with Crippen LogP contribution in [0.5, 0.6) is 0 Å². The molecule has 0 saturated carbocycles. The number of benzene rings is 1. The lowest BCUT2D eigenvalue weighted by molar-refractivity contribution is -0.126. The summed E-state index contributed by atoms with van der Waals surface area (Å²) >= 11 is 12.2. The third-order valence-corrected chi connectivity index (χ3v) is 5.65. The molecule has 5 nitrogen and oxygen atoms in total. The van der Waals surface area contributed by atoms with Crippen LogP contribution in [0, 0.1) is 5.92 Å². The van der Waals surface area contributed by atoms with Gasteiger partial charge in [0.05, 0.1) is 10.6 Å². The normalized spacial score (nSPS) is 25.5. The molecule has 0 bridgehead atoms. The van der Waals surface area contributed by atoms with E-state index in [1.807, 2.05) is 0 Å². The first-order valence-electron chi connectivity index (χ1n) is 8.74. The summed E-state index contributed by atoms with van der Waals surface area (Å²) in [6.07, 6.45) is 2.40. The van der Waals surface area contributed by atoms with Gasteiger partial charge in [-0.2, -0.15) is 0 Å². The van der Waals surface area contributed by atoms with Crippen LogP contribution >= 0.6 is 35.6 Å². The van der Waals surface area contributed by atoms with E-state index in [-0.39, 0.29) is 30.3 Å². The summed E-state index contributed by atoms with van der Waals surface area (Å²) in [7, 11) is 0. The van der Waals surface area contributed by atoms with Gasteiger partial charge in [-0.1, -0.05) is 30.1 Å². The van der Waals surface area contributed by atoms with Crippen LogP contribution in [0.3, 0.4) is 0 Å². The minimum Gasteiger partial charge on any atom is -0.351 e. The van der Waals surface area contributed by atoms with Crippen molar-refractivity contribution in [2.24, 2.45) is 5.92 Å². The van der Waals surface area contributed by atoms with Crippen LogP contribution in [0.2, 0.25) is 10.0 Å². The van der Waals surface area contributed by atoms with Crippen molar-refractivity contribution >= 4 is 47.4 Å². The third-order valence-electron chi connectivity index (χ3n) is 5.09. The molecule has 3 rings (SSSR count). The molecule has 2 saturated heterocycles. The molecule has 2 heterocycles. The molecule has 3 atom stereocenters. The van der Waals surface area contributed by atoms with Gasteiger partial charge in [0.15, 0.2) is 0 Å². The average Bonchev–Trinajstić information content (AvgIpc) is 3.08. The quantitative estimate of drug-likeness (QED) is 0.790. The smallest absolute Gasteiger partial charge is 0.256 e. The van der Waals surface area contributed by atoms with E-state index in [0.717, 1.165) is 25.9 Å². The van der Waals surface area contributed by atoms with E-state index in [1.165, 1.54) is 0 Å². The molecule has 2 aliphatic rings. The molecule has 2 aliphatic heterocycles. The average molecular weight is 421 g/mol. The van der Waals surface area contributed by atoms with Gasteiger partial charge in [0, 0.05) is 17.6 Å². The van der Waals surface area contributed by atoms with Gasteiger partial charge in [-0.25, -0.2) is 0 Å². The fourth-order valence-electron chi connectivity index (χ4n) is 3.61. The van der Waals surface area contributed by atoms with Crippen molar-refractivity contribution in [2.75, 3.05) is 19.6 Å². The molecule has 1 aromatic carbocycles. The Labute approximate surface area is 170 Å². The number of carbonyl (C=O) groups excluding carboxylic acids is 2. The van der Waals surface area contributed by atoms with Crippen LogP contribution in [0.25, 0.3) is 0 Å². The van der Waals surface area contributed by atoms with Crippen molar-refractivity contribution in [3.63, 3.8) is 0 Å². The predicted molar refractivity (Wildman–Crippen MR) is 106 cm³/mol. The molecule has 0 aliphatic carbocycles. The lowest BCUT2D eigenvalue weighted by atomic mass is 9.95. The SMILES string of the molecule is CC1CNCCC1NC(=O)C1CCCN1C(=O)c1cc(Cl)ccc1Cl.Cl. The molecule has 0 aromatic heterocycles. The molecule has 1 aromatic rings. The third kappa shape index (κ3) is 4.63. The first kappa shape index (κ1) is 21.3. The number of nitrogens with zero attached hydrogens (tertiary/aromatic N) is 1. The Morgan fingerprint density at radius 2 is 2.04 bits per heavy atom. The Hall–Kier alpha value is -1.01. The van der Waals surface area contributed by atoms with Crippen molar-refractivity contribution < 1.29 is 9.59 Å². The number of rotatable bonds is 3. The maximum Gasteiger partial charge on any atom is 0.256 e. The number of likely N-dealkylation sites (tertiary alicyclic amines) is 1. The van der Waals surface area contributed by atoms with Crippen LogP contribution in [0.4, 0.5) is 0 Å². The zero-order chi connectivity index (χ0) is 18.0. The first-order valence-corrected chi connectivity index (χ1v) is 9.50. The van der Waals surface area contributed by atoms with Gasteiger partial charge >= 0.3 is 0 Å². The summed E-state index contributed by atoms with van der Waals surface area (Å²) in [5.74, 6) is 0.0805. The molecule has 2 N–H and O–H groups in total. The lowest BCUT2D eigenvalue weighted by Crippen LogP contribution is -2.53. The number of amides is 2. The van der Waals surface area contributed by atoms with E-state index in [4.69, 9.17) is 23.2 Å². The Morgan fingerprint density at radius 1 is 1.27 bits per heavy atom. The Kier molecular flexibility index (Phi) is 7.59. The predicted octanol–water partition coefficient (Wildman–Crippen LogP) is 3.13. The summed E-state index contributed by atoms with van der Waals surface area (Å²) in [6.45, 7) is 4.49. The van der Waals surface area contributed by atoms with Crippen molar-refractivity contribution in [2.45, 2.75) is 38.3 Å². The fourth-order valence-corrected chi connectivity index (χ4v) is 3.98. The second-order valence-corrected chi connectivity index (χ2v) is 7.71. The highest BCUT2D eigenvalue weighted by molar-refractivity contribution is 6.35. The van der Waals surface area contributed by atoms with Gasteiger partial charge in [0.2, 0.25) is 5.91 Å². The highest BCUT2D eigenvalue weighted by atomic mass is 35.5. The molecular weight excluding hydrogens is 397 g/mol. The summed E-state index contributed by atoms with van der Waals surface area (Å²) in [6, 6.07) is 4.53. The molecule has 0 radical (unpaired) electrons. The van der Waals surface area contributed by atoms with Crippen molar-refractivity contribution in [3.05, 3.63) is 33.8 Å². The van der Waals surface area contributed by atoms with Crippen molar-refractivity contribution in [1.82, 2.24) is 15.5 Å². The van der Waals surface area contributed by atoms with Crippen molar-refractivity contribution in [1.29, 1.82) is 0 Å². The highest BCUT2D eigenvalue weighted by Gasteiger charge is 2.36. The van der Waals surface area contributed by atoms with E-state index in [9.17, 15) is 9.59 Å². The van der Waals surface area contributed by atoms with Crippen LogP contribution in [0.15, 0.2) is 18.2 Å². The molecule has 3 unspecified atom stereocenters. The van der Waals surface area contributed by atoms with E-state index in [0.29, 0.717) is 34.5 Å². The molecule has 8 heteroatoms. The first-order chi connectivity index (χ1) is 12.0. The molecule has 26 heavy (non-hydrogen) atoms. The van der Waals surface area contributed by atoms with Gasteiger partial charge < -0.3 is 15.5 Å². The number of nitrogens with one attached hydrogen (secondary N) is 2. The monoisotopic (exact) mass is 419 g/mol. The highest BCUT2D eigenvalue weighted by Crippen LogP contribution is 2.26. The maximum atomic E-state index is 12.9. The van der Waals surface area contributed by atoms with Gasteiger partial charge in [-0.05, 0) is 56.5 Å². The van der Waals surface area contributed by atoms with E-state index >= 15 is 0 Å². The largest absolute Gasteiger partial charge is 0.351 e. The van der Waals surface area contributed by atoms with Crippen LogP contribution in [-0.4, -0.2) is 48.4 Å². The van der Waals surface area contributed by atoms with Gasteiger partial charge in [-0.15, -0.1) is 12.4 Å². The molecule has 2 fully saturated rings. The zero-order valence-electron chi connectivity index (χ0n) is 14.6. The van der Waals surface area contributed by atoms with Gasteiger partial charge in [0.25, 0.3) is 5.91 Å². The Morgan fingerprint density at radius 3 is 2.77 bits per heavy atom. The number of hydrogen-bond donors (Lipinski definition) is 2. The summed E-state index contributed by atoms with van der Waals surface area (Å²) in [5, 5.41) is 7.27. The zero-order valence-corrected chi connectivity index (χ0v) is 17.0. The Bertz CT molecular complexity index is 671. The number of piperidine rings is 1. The number of carbonyl (C=O) groups is 2. The summed E-state index contributed by atoms with van der Waals surface area (Å²) < 4.78 is 0. The molecular formula is C18H24Cl3N3O2. The minimum absolute atomic E-state index is 0. The number of halogens is 3. The summed E-state index contributed by atoms with van der Waals surface area (Å²) in [4.78, 5) is 27.3. The summed E-state index contributed by atoms with van der Waals surface area (Å²) in [5.41, 5.74) is 0.351. The van der Waals surface area contributed by atoms with E-state index < -0.39 is 6.04 Å². The molecule has 0 spiro atoms. The van der Waals surface area contributed by atoms with Crippen LogP contribution < -0.4 is 10.6 Å². The molecule has 144 valence electrons. The molecule has 2 amide bonds. The van der Waals surface area contributed by atoms with Gasteiger partial charge in [-0.3, -0.25) is 9.59 Å². The van der Waals surface area contributed by atoms with Crippen molar-refractivity contribution in [3.8, 4) is 0 Å². The second kappa shape index (κ2) is 9.27. The number of hydrogen-bond acceptors (Lipinski definition) is 3. The lowest BCUT2D eigenvalue weighted by Gasteiger charge is -2.32. The topological polar surface area (TPSA) is 61.4 Å². The van der Waals surface area contributed by atoms with Gasteiger partial charge in [0.1, 0.15) is 6.04 Å². The second-order valence-electron chi connectivity index (χ2n) is 6.87. The fraction of sp³-hybridized carbons (Fsp3) is 0.556. The van der Waals surface area contributed by atoms with E-state index in [2.05, 4.69) is 17.6 Å². The van der Waals surface area contributed by atoms with Crippen LogP contribution in [-0.2, 0) is 4.79 Å². The standard InChI is InChI=1S/C18H23Cl2N3O2.ClH/c1-11-10-21-7-6-15(11)22-17(24)16-3-2-8-23(16)18(25)13-9-12(19)4-5-14(13)20;/h4-5,9,11,15-16,21H,2-3,6-8,10H2,1H3,(H,22,24);1H.